The second-order valence-electron chi connectivity index (χ2n) is 7.28. The predicted octanol–water partition coefficient (Wildman–Crippen LogP) is 2.63. The number of ether oxygens (including phenoxy) is 1. The summed E-state index contributed by atoms with van der Waals surface area (Å²) in [5, 5.41) is 10.3. The number of thioether (sulfide) groups is 1. The molecule has 0 aliphatic carbocycles. The molecule has 0 atom stereocenters. The maximum Gasteiger partial charge on any atom is 0.258 e. The Bertz CT molecular complexity index is 1230. The number of benzene rings is 2. The average Bonchev–Trinajstić information content (AvgIpc) is 3.21. The summed E-state index contributed by atoms with van der Waals surface area (Å²) in [6.45, 7) is 3.94. The first-order valence-corrected chi connectivity index (χ1v) is 11.2. The Morgan fingerprint density at radius 1 is 1.00 bits per heavy atom. The van der Waals surface area contributed by atoms with E-state index in [-0.39, 0.29) is 5.56 Å². The van der Waals surface area contributed by atoms with Crippen molar-refractivity contribution in [2.75, 3.05) is 26.3 Å². The molecule has 4 aromatic rings. The van der Waals surface area contributed by atoms with Crippen molar-refractivity contribution in [3.8, 4) is 5.69 Å². The van der Waals surface area contributed by atoms with E-state index in [9.17, 15) is 4.79 Å². The number of nitrogens with zero attached hydrogens (tertiary/aromatic N) is 5. The van der Waals surface area contributed by atoms with Gasteiger partial charge < -0.3 is 9.72 Å². The Balaban J connectivity index is 1.43. The van der Waals surface area contributed by atoms with E-state index < -0.39 is 0 Å². The largest absolute Gasteiger partial charge is 0.379 e. The lowest BCUT2D eigenvalue weighted by Crippen LogP contribution is -2.36. The Morgan fingerprint density at radius 3 is 2.61 bits per heavy atom. The zero-order chi connectivity index (χ0) is 21.0. The van der Waals surface area contributed by atoms with Crippen LogP contribution >= 0.6 is 11.8 Å². The molecule has 1 N–H and O–H groups in total. The van der Waals surface area contributed by atoms with Crippen LogP contribution < -0.4 is 5.56 Å². The second kappa shape index (κ2) is 9.01. The summed E-state index contributed by atoms with van der Waals surface area (Å²) >= 11 is 1.51. The van der Waals surface area contributed by atoms with E-state index in [1.807, 2.05) is 48.5 Å². The number of hydrogen-bond donors (Lipinski definition) is 1. The van der Waals surface area contributed by atoms with Crippen LogP contribution in [-0.2, 0) is 17.0 Å². The first-order chi connectivity index (χ1) is 15.3. The molecule has 0 saturated carbocycles. The Morgan fingerprint density at radius 2 is 1.77 bits per heavy atom. The van der Waals surface area contributed by atoms with Crippen molar-refractivity contribution >= 4 is 22.7 Å². The van der Waals surface area contributed by atoms with Crippen molar-refractivity contribution < 1.29 is 4.74 Å². The topological polar surface area (TPSA) is 88.9 Å². The fourth-order valence-electron chi connectivity index (χ4n) is 3.63. The lowest BCUT2D eigenvalue weighted by Gasteiger charge is -2.26. The lowest BCUT2D eigenvalue weighted by atomic mass is 10.2. The highest BCUT2D eigenvalue weighted by molar-refractivity contribution is 7.98. The molecule has 8 nitrogen and oxygen atoms in total. The van der Waals surface area contributed by atoms with Gasteiger partial charge in [-0.05, 0) is 24.3 Å². The molecule has 158 valence electrons. The highest BCUT2D eigenvalue weighted by Crippen LogP contribution is 2.25. The first kappa shape index (κ1) is 19.9. The molecule has 0 radical (unpaired) electrons. The van der Waals surface area contributed by atoms with E-state index in [2.05, 4.69) is 29.6 Å². The molecule has 0 unspecified atom stereocenters. The smallest absolute Gasteiger partial charge is 0.258 e. The van der Waals surface area contributed by atoms with Crippen LogP contribution in [0, 0.1) is 0 Å². The summed E-state index contributed by atoms with van der Waals surface area (Å²) < 4.78 is 7.54. The van der Waals surface area contributed by atoms with Gasteiger partial charge in [0.1, 0.15) is 5.82 Å². The molecular weight excluding hydrogens is 412 g/mol. The molecular formula is C22H22N6O2S. The van der Waals surface area contributed by atoms with Crippen molar-refractivity contribution in [1.82, 2.24) is 29.6 Å². The molecule has 2 aromatic carbocycles. The van der Waals surface area contributed by atoms with Crippen LogP contribution in [0.2, 0.25) is 0 Å². The molecule has 0 bridgehead atoms. The van der Waals surface area contributed by atoms with Crippen molar-refractivity contribution in [2.45, 2.75) is 17.5 Å². The molecule has 0 spiro atoms. The summed E-state index contributed by atoms with van der Waals surface area (Å²) in [5.74, 6) is 1.99. The number of fused-ring (bicyclic) bond motifs is 1. The summed E-state index contributed by atoms with van der Waals surface area (Å²) in [5.41, 5.74) is 1.58. The van der Waals surface area contributed by atoms with Crippen LogP contribution in [0.1, 0.15) is 11.6 Å². The maximum atomic E-state index is 12.4. The monoisotopic (exact) mass is 434 g/mol. The van der Waals surface area contributed by atoms with Crippen LogP contribution in [0.3, 0.4) is 0 Å². The minimum atomic E-state index is -0.126. The van der Waals surface area contributed by atoms with Gasteiger partial charge in [0.05, 0.1) is 36.4 Å². The molecule has 1 saturated heterocycles. The number of aromatic amines is 1. The average molecular weight is 435 g/mol. The molecule has 31 heavy (non-hydrogen) atoms. The Labute approximate surface area is 183 Å². The maximum absolute atomic E-state index is 12.4. The zero-order valence-electron chi connectivity index (χ0n) is 16.9. The summed E-state index contributed by atoms with van der Waals surface area (Å²) in [6, 6.07) is 17.5. The van der Waals surface area contributed by atoms with Gasteiger partial charge in [0.25, 0.3) is 5.56 Å². The van der Waals surface area contributed by atoms with Crippen LogP contribution in [0.15, 0.2) is 64.5 Å². The second-order valence-corrected chi connectivity index (χ2v) is 8.22. The molecule has 2 aromatic heterocycles. The molecule has 1 fully saturated rings. The summed E-state index contributed by atoms with van der Waals surface area (Å²) in [7, 11) is 0. The van der Waals surface area contributed by atoms with Gasteiger partial charge >= 0.3 is 0 Å². The van der Waals surface area contributed by atoms with E-state index >= 15 is 0 Å². The van der Waals surface area contributed by atoms with Gasteiger partial charge in [0, 0.05) is 18.8 Å². The molecule has 9 heteroatoms. The van der Waals surface area contributed by atoms with E-state index in [1.54, 1.807) is 6.07 Å². The predicted molar refractivity (Wildman–Crippen MR) is 119 cm³/mol. The van der Waals surface area contributed by atoms with E-state index in [0.29, 0.717) is 29.0 Å². The fraction of sp³-hybridized carbons (Fsp3) is 0.273. The van der Waals surface area contributed by atoms with Crippen LogP contribution in [0.5, 0.6) is 0 Å². The minimum Gasteiger partial charge on any atom is -0.379 e. The highest BCUT2D eigenvalue weighted by atomic mass is 32.2. The normalized spacial score (nSPS) is 14.8. The van der Waals surface area contributed by atoms with Crippen LogP contribution in [-0.4, -0.2) is 55.9 Å². The summed E-state index contributed by atoms with van der Waals surface area (Å²) in [4.78, 5) is 22.2. The number of rotatable bonds is 6. The number of morpholine rings is 1. The number of hydrogen-bond acceptors (Lipinski definition) is 7. The number of nitrogens with one attached hydrogen (secondary N) is 1. The molecule has 1 aliphatic rings. The highest BCUT2D eigenvalue weighted by Gasteiger charge is 2.19. The Kier molecular flexibility index (Phi) is 5.79. The van der Waals surface area contributed by atoms with Gasteiger partial charge in [0.15, 0.2) is 11.0 Å². The van der Waals surface area contributed by atoms with Gasteiger partial charge in [-0.3, -0.25) is 14.3 Å². The quantitative estimate of drug-likeness (QED) is 0.467. The van der Waals surface area contributed by atoms with Gasteiger partial charge in [-0.1, -0.05) is 42.1 Å². The number of para-hydroxylation sites is 2. The molecule has 1 aliphatic heterocycles. The van der Waals surface area contributed by atoms with E-state index in [4.69, 9.17) is 4.74 Å². The first-order valence-electron chi connectivity index (χ1n) is 10.2. The van der Waals surface area contributed by atoms with Crippen molar-refractivity contribution in [3.05, 3.63) is 76.6 Å². The molecule has 3 heterocycles. The van der Waals surface area contributed by atoms with Gasteiger partial charge in [0.2, 0.25) is 0 Å². The molecule has 0 amide bonds. The van der Waals surface area contributed by atoms with Crippen molar-refractivity contribution in [1.29, 1.82) is 0 Å². The van der Waals surface area contributed by atoms with Gasteiger partial charge in [-0.25, -0.2) is 4.98 Å². The fourth-order valence-corrected chi connectivity index (χ4v) is 4.47. The third-order valence-electron chi connectivity index (χ3n) is 5.18. The van der Waals surface area contributed by atoms with Gasteiger partial charge in [-0.2, -0.15) is 0 Å². The van der Waals surface area contributed by atoms with Crippen molar-refractivity contribution in [2.24, 2.45) is 0 Å². The molecule has 5 rings (SSSR count). The van der Waals surface area contributed by atoms with Crippen LogP contribution in [0.25, 0.3) is 16.6 Å². The van der Waals surface area contributed by atoms with Gasteiger partial charge in [-0.15, -0.1) is 10.2 Å². The standard InChI is InChI=1S/C22H22N6O2S/c29-21-17-8-4-5-9-18(17)23-19(24-21)15-31-22-26-25-20(14-27-10-12-30-13-11-27)28(22)16-6-2-1-3-7-16/h1-9H,10-15H2,(H,23,24,29). The lowest BCUT2D eigenvalue weighted by molar-refractivity contribution is 0.0328. The van der Waals surface area contributed by atoms with E-state index in [1.165, 1.54) is 11.8 Å². The van der Waals surface area contributed by atoms with E-state index in [0.717, 1.165) is 43.0 Å². The Hall–Kier alpha value is -3.01. The number of aromatic nitrogens is 5. The summed E-state index contributed by atoms with van der Waals surface area (Å²) in [6.07, 6.45) is 0. The SMILES string of the molecule is O=c1[nH]c(CSc2nnc(CN3CCOCC3)n2-c2ccccc2)nc2ccccc12. The number of H-pyrrole nitrogens is 1. The minimum absolute atomic E-state index is 0.126. The van der Waals surface area contributed by atoms with Crippen molar-refractivity contribution in [3.63, 3.8) is 0 Å². The van der Waals surface area contributed by atoms with Crippen LogP contribution in [0.4, 0.5) is 0 Å². The third kappa shape index (κ3) is 4.39. The zero-order valence-corrected chi connectivity index (χ0v) is 17.7. The third-order valence-corrected chi connectivity index (χ3v) is 6.12.